The molecule has 2 heterocycles. The molecule has 0 amide bonds. The van der Waals surface area contributed by atoms with Crippen LogP contribution in [0.5, 0.6) is 0 Å². The van der Waals surface area contributed by atoms with E-state index in [1.807, 2.05) is 43.4 Å². The van der Waals surface area contributed by atoms with E-state index in [1.54, 1.807) is 0 Å². The van der Waals surface area contributed by atoms with E-state index < -0.39 is 0 Å². The third-order valence-corrected chi connectivity index (χ3v) is 3.93. The Kier molecular flexibility index (Phi) is 4.47. The predicted molar refractivity (Wildman–Crippen MR) is 79.3 cm³/mol. The van der Waals surface area contributed by atoms with Gasteiger partial charge in [-0.2, -0.15) is 10.2 Å². The Hall–Kier alpha value is -1.37. The maximum atomic E-state index is 6.39. The van der Waals surface area contributed by atoms with Crippen LogP contribution in [-0.4, -0.2) is 19.6 Å². The molecule has 0 saturated carbocycles. The van der Waals surface area contributed by atoms with Gasteiger partial charge in [-0.3, -0.25) is 20.6 Å². The number of aryl methyl sites for hydroxylation is 4. The molecule has 2 aromatic heterocycles. The van der Waals surface area contributed by atoms with Crippen molar-refractivity contribution in [1.82, 2.24) is 25.0 Å². The monoisotopic (exact) mass is 296 g/mol. The molecule has 0 aliphatic carbocycles. The molecular formula is C13H21ClN6. The van der Waals surface area contributed by atoms with E-state index in [2.05, 4.69) is 15.6 Å². The largest absolute Gasteiger partial charge is 0.271 e. The highest BCUT2D eigenvalue weighted by molar-refractivity contribution is 6.31. The standard InChI is InChI=1S/C13H21ClN6/c1-5-9-13(14)12(20(4)18-9)7-10(16-15)11-6-8(2)17-19(11)3/h6,10,16H,5,7,15H2,1-4H3. The molecule has 2 aromatic rings. The molecule has 0 spiro atoms. The normalized spacial score (nSPS) is 12.9. The fourth-order valence-corrected chi connectivity index (χ4v) is 2.81. The van der Waals surface area contributed by atoms with Gasteiger partial charge < -0.3 is 0 Å². The first-order valence-electron chi connectivity index (χ1n) is 6.64. The number of nitrogens with two attached hydrogens (primary N) is 1. The average Bonchev–Trinajstić information content (AvgIpc) is 2.87. The highest BCUT2D eigenvalue weighted by atomic mass is 35.5. The van der Waals surface area contributed by atoms with E-state index in [1.165, 1.54) is 0 Å². The van der Waals surface area contributed by atoms with Crippen molar-refractivity contribution in [1.29, 1.82) is 0 Å². The molecule has 0 saturated heterocycles. The lowest BCUT2D eigenvalue weighted by Crippen LogP contribution is -2.31. The molecule has 6 nitrogen and oxygen atoms in total. The minimum Gasteiger partial charge on any atom is -0.271 e. The lowest BCUT2D eigenvalue weighted by Gasteiger charge is -2.16. The molecule has 1 unspecified atom stereocenters. The number of nitrogens with one attached hydrogen (secondary N) is 1. The van der Waals surface area contributed by atoms with E-state index in [0.717, 1.165) is 34.2 Å². The van der Waals surface area contributed by atoms with Crippen LogP contribution in [0, 0.1) is 6.92 Å². The van der Waals surface area contributed by atoms with Gasteiger partial charge in [0, 0.05) is 20.5 Å². The molecule has 0 aromatic carbocycles. The van der Waals surface area contributed by atoms with Crippen LogP contribution in [0.2, 0.25) is 5.02 Å². The topological polar surface area (TPSA) is 73.7 Å². The summed E-state index contributed by atoms with van der Waals surface area (Å²) >= 11 is 6.39. The van der Waals surface area contributed by atoms with Crippen molar-refractivity contribution in [3.63, 3.8) is 0 Å². The second kappa shape index (κ2) is 5.95. The van der Waals surface area contributed by atoms with Crippen molar-refractivity contribution in [2.75, 3.05) is 0 Å². The summed E-state index contributed by atoms with van der Waals surface area (Å²) in [7, 11) is 3.82. The van der Waals surface area contributed by atoms with Crippen molar-refractivity contribution in [3.05, 3.63) is 33.9 Å². The molecule has 2 rings (SSSR count). The van der Waals surface area contributed by atoms with Gasteiger partial charge in [0.05, 0.1) is 33.8 Å². The summed E-state index contributed by atoms with van der Waals surface area (Å²) in [4.78, 5) is 0. The van der Waals surface area contributed by atoms with Crippen LogP contribution in [0.4, 0.5) is 0 Å². The minimum absolute atomic E-state index is 0.0567. The van der Waals surface area contributed by atoms with Crippen LogP contribution in [0.1, 0.15) is 35.7 Å². The van der Waals surface area contributed by atoms with Gasteiger partial charge in [-0.15, -0.1) is 0 Å². The fourth-order valence-electron chi connectivity index (χ4n) is 2.44. The van der Waals surface area contributed by atoms with Gasteiger partial charge in [0.25, 0.3) is 0 Å². The summed E-state index contributed by atoms with van der Waals surface area (Å²) in [6, 6.07) is 1.97. The highest BCUT2D eigenvalue weighted by Crippen LogP contribution is 2.26. The van der Waals surface area contributed by atoms with Crippen molar-refractivity contribution in [2.24, 2.45) is 19.9 Å². The third kappa shape index (κ3) is 2.72. The van der Waals surface area contributed by atoms with Gasteiger partial charge in [0.15, 0.2) is 0 Å². The molecule has 1 atom stereocenters. The zero-order chi connectivity index (χ0) is 14.9. The van der Waals surface area contributed by atoms with Crippen LogP contribution >= 0.6 is 11.6 Å². The molecule has 0 fully saturated rings. The summed E-state index contributed by atoms with van der Waals surface area (Å²) in [6.07, 6.45) is 1.48. The Morgan fingerprint density at radius 3 is 2.50 bits per heavy atom. The molecule has 0 bridgehead atoms. The highest BCUT2D eigenvalue weighted by Gasteiger charge is 2.21. The van der Waals surface area contributed by atoms with Gasteiger partial charge in [0.1, 0.15) is 0 Å². The third-order valence-electron chi connectivity index (χ3n) is 3.50. The zero-order valence-corrected chi connectivity index (χ0v) is 13.1. The average molecular weight is 297 g/mol. The Bertz CT molecular complexity index is 600. The van der Waals surface area contributed by atoms with Crippen LogP contribution in [-0.2, 0) is 26.9 Å². The molecule has 20 heavy (non-hydrogen) atoms. The van der Waals surface area contributed by atoms with Crippen LogP contribution in [0.3, 0.4) is 0 Å². The summed E-state index contributed by atoms with van der Waals surface area (Å²) in [5, 5.41) is 9.52. The molecule has 0 aliphatic heterocycles. The summed E-state index contributed by atoms with van der Waals surface area (Å²) < 4.78 is 3.67. The first kappa shape index (κ1) is 15.0. The quantitative estimate of drug-likeness (QED) is 0.646. The number of hydrogen-bond acceptors (Lipinski definition) is 4. The van der Waals surface area contributed by atoms with Crippen molar-refractivity contribution < 1.29 is 0 Å². The summed E-state index contributed by atoms with van der Waals surface area (Å²) in [5.41, 5.74) is 6.73. The number of rotatable bonds is 5. The Morgan fingerprint density at radius 2 is 2.05 bits per heavy atom. The van der Waals surface area contributed by atoms with Crippen LogP contribution in [0.15, 0.2) is 6.07 Å². The first-order valence-corrected chi connectivity index (χ1v) is 7.02. The Morgan fingerprint density at radius 1 is 1.35 bits per heavy atom. The van der Waals surface area contributed by atoms with E-state index in [0.29, 0.717) is 6.42 Å². The maximum Gasteiger partial charge on any atom is 0.0850 e. The Labute approximate surface area is 123 Å². The van der Waals surface area contributed by atoms with E-state index >= 15 is 0 Å². The number of hydrazine groups is 1. The van der Waals surface area contributed by atoms with E-state index in [9.17, 15) is 0 Å². The van der Waals surface area contributed by atoms with Crippen LogP contribution < -0.4 is 11.3 Å². The maximum absolute atomic E-state index is 6.39. The molecule has 0 radical (unpaired) electrons. The smallest absolute Gasteiger partial charge is 0.0850 e. The minimum atomic E-state index is -0.0567. The fraction of sp³-hybridized carbons (Fsp3) is 0.538. The number of aromatic nitrogens is 4. The zero-order valence-electron chi connectivity index (χ0n) is 12.3. The lowest BCUT2D eigenvalue weighted by atomic mass is 10.1. The van der Waals surface area contributed by atoms with Crippen LogP contribution in [0.25, 0.3) is 0 Å². The van der Waals surface area contributed by atoms with Crippen molar-refractivity contribution in [3.8, 4) is 0 Å². The van der Waals surface area contributed by atoms with Crippen molar-refractivity contribution >= 4 is 11.6 Å². The SMILES string of the molecule is CCc1nn(C)c(CC(NN)c2cc(C)nn2C)c1Cl. The lowest BCUT2D eigenvalue weighted by molar-refractivity contribution is 0.493. The van der Waals surface area contributed by atoms with Gasteiger partial charge in [0.2, 0.25) is 0 Å². The summed E-state index contributed by atoms with van der Waals surface area (Å²) in [5.74, 6) is 5.71. The van der Waals surface area contributed by atoms with Crippen molar-refractivity contribution in [2.45, 2.75) is 32.7 Å². The second-order valence-electron chi connectivity index (χ2n) is 4.94. The molecule has 3 N–H and O–H groups in total. The molecular weight excluding hydrogens is 276 g/mol. The first-order chi connectivity index (χ1) is 9.47. The molecule has 0 aliphatic rings. The van der Waals surface area contributed by atoms with E-state index in [-0.39, 0.29) is 6.04 Å². The van der Waals surface area contributed by atoms with Gasteiger partial charge in [-0.05, 0) is 19.4 Å². The number of nitrogens with zero attached hydrogens (tertiary/aromatic N) is 4. The van der Waals surface area contributed by atoms with Gasteiger partial charge in [-0.1, -0.05) is 18.5 Å². The second-order valence-corrected chi connectivity index (χ2v) is 5.32. The molecule has 110 valence electrons. The summed E-state index contributed by atoms with van der Waals surface area (Å²) in [6.45, 7) is 4.00. The molecule has 7 heteroatoms. The van der Waals surface area contributed by atoms with Gasteiger partial charge >= 0.3 is 0 Å². The number of halogens is 1. The van der Waals surface area contributed by atoms with E-state index in [4.69, 9.17) is 17.4 Å². The number of hydrogen-bond donors (Lipinski definition) is 2. The predicted octanol–water partition coefficient (Wildman–Crippen LogP) is 1.42. The van der Waals surface area contributed by atoms with Gasteiger partial charge in [-0.25, -0.2) is 0 Å². The Balaban J connectivity index is 2.31.